The van der Waals surface area contributed by atoms with E-state index < -0.39 is 0 Å². The van der Waals surface area contributed by atoms with Crippen LogP contribution in [0.5, 0.6) is 23.0 Å². The molecule has 0 saturated heterocycles. The second kappa shape index (κ2) is 9.81. The van der Waals surface area contributed by atoms with Gasteiger partial charge in [-0.15, -0.1) is 0 Å². The standard InChI is InChI=1S/C23H21N7O4S/c1-31-18-6-15-16(7-19(18)32-2)27-11-28-21(15)30-22-24-9-14(10-25-22)29-23(35)26-8-13-3-4-17-20(5-13)34-12-33-17/h3-7,9-11H,8,12H2,1-2H3,(H2,26,29,35)(H,24,25,27,28,30). The van der Waals surface area contributed by atoms with Crippen LogP contribution in [0.3, 0.4) is 0 Å². The lowest BCUT2D eigenvalue weighted by atomic mass is 10.2. The number of methoxy groups -OCH3 is 2. The highest BCUT2D eigenvalue weighted by molar-refractivity contribution is 7.80. The number of aromatic nitrogens is 4. The van der Waals surface area contributed by atoms with Crippen LogP contribution in [0.2, 0.25) is 0 Å². The molecule has 0 bridgehead atoms. The fourth-order valence-electron chi connectivity index (χ4n) is 3.45. The third-order valence-electron chi connectivity index (χ3n) is 5.17. The Balaban J connectivity index is 1.22. The zero-order chi connectivity index (χ0) is 24.2. The third-order valence-corrected chi connectivity index (χ3v) is 5.42. The van der Waals surface area contributed by atoms with Gasteiger partial charge < -0.3 is 34.9 Å². The van der Waals surface area contributed by atoms with Crippen LogP contribution in [-0.4, -0.2) is 46.1 Å². The summed E-state index contributed by atoms with van der Waals surface area (Å²) in [7, 11) is 3.15. The highest BCUT2D eigenvalue weighted by Crippen LogP contribution is 2.34. The minimum Gasteiger partial charge on any atom is -0.493 e. The number of thiocarbonyl (C=S) groups is 1. The number of rotatable bonds is 7. The quantitative estimate of drug-likeness (QED) is 0.328. The van der Waals surface area contributed by atoms with Gasteiger partial charge in [-0.1, -0.05) is 6.07 Å². The van der Waals surface area contributed by atoms with Crippen molar-refractivity contribution in [1.29, 1.82) is 0 Å². The summed E-state index contributed by atoms with van der Waals surface area (Å²) in [6, 6.07) is 9.34. The summed E-state index contributed by atoms with van der Waals surface area (Å²) in [6.45, 7) is 0.769. The summed E-state index contributed by atoms with van der Waals surface area (Å²) in [4.78, 5) is 17.3. The van der Waals surface area contributed by atoms with E-state index in [9.17, 15) is 0 Å². The Morgan fingerprint density at radius 3 is 2.54 bits per heavy atom. The van der Waals surface area contributed by atoms with E-state index in [4.69, 9.17) is 31.2 Å². The van der Waals surface area contributed by atoms with Gasteiger partial charge in [0.05, 0.1) is 37.8 Å². The first-order chi connectivity index (χ1) is 17.1. The Kier molecular flexibility index (Phi) is 6.26. The summed E-state index contributed by atoms with van der Waals surface area (Å²) in [5.41, 5.74) is 2.34. The van der Waals surface area contributed by atoms with Crippen molar-refractivity contribution in [3.8, 4) is 23.0 Å². The van der Waals surface area contributed by atoms with Gasteiger partial charge in [-0.3, -0.25) is 0 Å². The van der Waals surface area contributed by atoms with Gasteiger partial charge in [0.1, 0.15) is 12.1 Å². The van der Waals surface area contributed by atoms with Gasteiger partial charge in [-0.25, -0.2) is 19.9 Å². The smallest absolute Gasteiger partial charge is 0.231 e. The largest absolute Gasteiger partial charge is 0.493 e. The minimum absolute atomic E-state index is 0.243. The van der Waals surface area contributed by atoms with Crippen molar-refractivity contribution < 1.29 is 18.9 Å². The van der Waals surface area contributed by atoms with Gasteiger partial charge in [0.25, 0.3) is 0 Å². The molecule has 0 saturated carbocycles. The van der Waals surface area contributed by atoms with E-state index >= 15 is 0 Å². The molecule has 11 nitrogen and oxygen atoms in total. The normalized spacial score (nSPS) is 11.7. The van der Waals surface area contributed by atoms with Crippen molar-refractivity contribution in [2.24, 2.45) is 0 Å². The third kappa shape index (κ3) is 4.92. The van der Waals surface area contributed by atoms with Crippen LogP contribution >= 0.6 is 12.2 Å². The average Bonchev–Trinajstić information content (AvgIpc) is 3.36. The van der Waals surface area contributed by atoms with Crippen molar-refractivity contribution in [1.82, 2.24) is 25.3 Å². The maximum Gasteiger partial charge on any atom is 0.231 e. The summed E-state index contributed by atoms with van der Waals surface area (Å²) >= 11 is 5.38. The molecule has 0 fully saturated rings. The lowest BCUT2D eigenvalue weighted by Gasteiger charge is -2.12. The number of hydrogen-bond donors (Lipinski definition) is 3. The molecule has 3 heterocycles. The molecule has 3 N–H and O–H groups in total. The molecule has 1 aliphatic heterocycles. The second-order valence-corrected chi connectivity index (χ2v) is 7.77. The van der Waals surface area contributed by atoms with Crippen molar-refractivity contribution >= 4 is 45.7 Å². The van der Waals surface area contributed by atoms with Crippen LogP contribution in [-0.2, 0) is 6.54 Å². The predicted molar refractivity (Wildman–Crippen MR) is 134 cm³/mol. The zero-order valence-corrected chi connectivity index (χ0v) is 19.7. The van der Waals surface area contributed by atoms with Gasteiger partial charge >= 0.3 is 0 Å². The fraction of sp³-hybridized carbons (Fsp3) is 0.174. The Hall–Kier alpha value is -4.45. The second-order valence-electron chi connectivity index (χ2n) is 7.36. The molecule has 0 atom stereocenters. The Morgan fingerprint density at radius 2 is 1.74 bits per heavy atom. The Morgan fingerprint density at radius 1 is 0.971 bits per heavy atom. The van der Waals surface area contributed by atoms with Crippen LogP contribution < -0.4 is 34.9 Å². The van der Waals surface area contributed by atoms with Gasteiger partial charge in [-0.05, 0) is 36.0 Å². The highest BCUT2D eigenvalue weighted by atomic mass is 32.1. The van der Waals surface area contributed by atoms with Crippen LogP contribution in [0.15, 0.2) is 49.1 Å². The summed E-state index contributed by atoms with van der Waals surface area (Å²) in [5.74, 6) is 3.53. The first-order valence-corrected chi connectivity index (χ1v) is 10.9. The van der Waals surface area contributed by atoms with Crippen molar-refractivity contribution in [3.05, 3.63) is 54.6 Å². The molecule has 1 aliphatic rings. The molecule has 0 amide bonds. The van der Waals surface area contributed by atoms with Crippen molar-refractivity contribution in [2.45, 2.75) is 6.54 Å². The molecule has 0 aliphatic carbocycles. The molecule has 5 rings (SSSR count). The van der Waals surface area contributed by atoms with E-state index in [1.807, 2.05) is 18.2 Å². The number of ether oxygens (including phenoxy) is 4. The van der Waals surface area contributed by atoms with Crippen LogP contribution in [0.1, 0.15) is 5.56 Å². The molecular formula is C23H21N7O4S. The molecule has 12 heteroatoms. The number of nitrogens with zero attached hydrogens (tertiary/aromatic N) is 4. The lowest BCUT2D eigenvalue weighted by molar-refractivity contribution is 0.174. The van der Waals surface area contributed by atoms with Crippen molar-refractivity contribution in [2.75, 3.05) is 31.6 Å². The first-order valence-electron chi connectivity index (χ1n) is 10.5. The number of anilines is 3. The molecule has 35 heavy (non-hydrogen) atoms. The SMILES string of the molecule is COc1cc2ncnc(Nc3ncc(NC(=S)NCc4ccc5c(c4)OCO5)cn3)c2cc1OC. The minimum atomic E-state index is 0.243. The van der Waals surface area contributed by atoms with E-state index in [0.717, 1.165) is 22.4 Å². The number of hydrogen-bond acceptors (Lipinski definition) is 10. The van der Waals surface area contributed by atoms with Crippen LogP contribution in [0.4, 0.5) is 17.5 Å². The molecule has 2 aromatic heterocycles. The van der Waals surface area contributed by atoms with Crippen LogP contribution in [0.25, 0.3) is 10.9 Å². The monoisotopic (exact) mass is 491 g/mol. The summed E-state index contributed by atoms with van der Waals surface area (Å²) in [5, 5.41) is 10.5. The predicted octanol–water partition coefficient (Wildman–Crippen LogP) is 3.40. The first kappa shape index (κ1) is 22.3. The summed E-state index contributed by atoms with van der Waals surface area (Å²) < 4.78 is 21.5. The number of nitrogens with one attached hydrogen (secondary N) is 3. The molecule has 0 unspecified atom stereocenters. The molecule has 178 valence electrons. The highest BCUT2D eigenvalue weighted by Gasteiger charge is 2.14. The Labute approximate surface area is 205 Å². The maximum atomic E-state index is 5.40. The lowest BCUT2D eigenvalue weighted by Crippen LogP contribution is -2.28. The maximum absolute atomic E-state index is 5.40. The van der Waals surface area contributed by atoms with Gasteiger partial charge in [-0.2, -0.15) is 0 Å². The van der Waals surface area contributed by atoms with E-state index in [2.05, 4.69) is 35.9 Å². The van der Waals surface area contributed by atoms with E-state index in [1.54, 1.807) is 38.7 Å². The van der Waals surface area contributed by atoms with E-state index in [1.165, 1.54) is 6.33 Å². The number of benzene rings is 2. The van der Waals surface area contributed by atoms with Crippen molar-refractivity contribution in [3.63, 3.8) is 0 Å². The van der Waals surface area contributed by atoms with Gasteiger partial charge in [0, 0.05) is 18.0 Å². The number of fused-ring (bicyclic) bond motifs is 2. The van der Waals surface area contributed by atoms with Gasteiger partial charge in [0.2, 0.25) is 12.7 Å². The Bertz CT molecular complexity index is 1380. The fourth-order valence-corrected chi connectivity index (χ4v) is 3.64. The molecule has 2 aromatic carbocycles. The topological polar surface area (TPSA) is 125 Å². The molecule has 0 radical (unpaired) electrons. The zero-order valence-electron chi connectivity index (χ0n) is 18.9. The van der Waals surface area contributed by atoms with Crippen LogP contribution in [0, 0.1) is 0 Å². The summed E-state index contributed by atoms with van der Waals surface area (Å²) in [6.07, 6.45) is 4.70. The van der Waals surface area contributed by atoms with E-state index in [0.29, 0.717) is 46.1 Å². The molecule has 4 aromatic rings. The van der Waals surface area contributed by atoms with E-state index in [-0.39, 0.29) is 6.79 Å². The van der Waals surface area contributed by atoms with Gasteiger partial charge in [0.15, 0.2) is 28.1 Å². The molecular weight excluding hydrogens is 470 g/mol. The molecule has 0 spiro atoms. The average molecular weight is 492 g/mol.